The van der Waals surface area contributed by atoms with E-state index in [9.17, 15) is 9.59 Å². The Morgan fingerprint density at radius 1 is 1.27 bits per heavy atom. The fraction of sp³-hybridized carbons (Fsp3) is 0.467. The van der Waals surface area contributed by atoms with Gasteiger partial charge in [0, 0.05) is 12.6 Å². The van der Waals surface area contributed by atoms with Crippen molar-refractivity contribution in [3.05, 3.63) is 28.2 Å². The minimum absolute atomic E-state index is 0.0389. The molecule has 0 aliphatic carbocycles. The smallest absolute Gasteiger partial charge is 0.260 e. The maximum absolute atomic E-state index is 12.0. The summed E-state index contributed by atoms with van der Waals surface area (Å²) < 4.78 is 5.34. The molecule has 0 saturated heterocycles. The van der Waals surface area contributed by atoms with Crippen molar-refractivity contribution >= 4 is 35.0 Å². The van der Waals surface area contributed by atoms with E-state index in [2.05, 4.69) is 5.32 Å². The summed E-state index contributed by atoms with van der Waals surface area (Å²) in [7, 11) is 1.54. The number of rotatable bonds is 5. The van der Waals surface area contributed by atoms with Crippen LogP contribution in [-0.4, -0.2) is 42.5 Å². The van der Waals surface area contributed by atoms with Gasteiger partial charge in [0.2, 0.25) is 5.91 Å². The lowest BCUT2D eigenvalue weighted by Crippen LogP contribution is -2.47. The molecule has 2 amide bonds. The molecular formula is C15H20Cl2N2O3. The molecule has 0 aliphatic heterocycles. The van der Waals surface area contributed by atoms with Crippen LogP contribution in [0, 0.1) is 0 Å². The third-order valence-electron chi connectivity index (χ3n) is 2.59. The van der Waals surface area contributed by atoms with Gasteiger partial charge < -0.3 is 15.0 Å². The minimum Gasteiger partial charge on any atom is -0.482 e. The van der Waals surface area contributed by atoms with Crippen molar-refractivity contribution in [1.29, 1.82) is 0 Å². The Morgan fingerprint density at radius 3 is 2.50 bits per heavy atom. The van der Waals surface area contributed by atoms with E-state index >= 15 is 0 Å². The molecule has 1 aromatic rings. The molecule has 0 saturated carbocycles. The zero-order valence-corrected chi connectivity index (χ0v) is 14.6. The first kappa shape index (κ1) is 18.6. The van der Waals surface area contributed by atoms with Gasteiger partial charge in [0.15, 0.2) is 6.61 Å². The lowest BCUT2D eigenvalue weighted by molar-refractivity contribution is -0.136. The fourth-order valence-electron chi connectivity index (χ4n) is 1.61. The molecule has 0 bridgehead atoms. The minimum atomic E-state index is -0.341. The number of carbonyl (C=O) groups is 2. The standard InChI is InChI=1S/C15H20Cl2N2O3/c1-15(2,3)18-12(20)8-19(4)13(21)9-22-11-7-5-6-10(16)14(11)17/h5-7H,8-9H2,1-4H3,(H,18,20). The quantitative estimate of drug-likeness (QED) is 0.891. The number of likely N-dealkylation sites (N-methyl/N-ethyl adjacent to an activating group) is 1. The molecule has 0 atom stereocenters. The van der Waals surface area contributed by atoms with Crippen LogP contribution >= 0.6 is 23.2 Å². The van der Waals surface area contributed by atoms with Crippen molar-refractivity contribution in [1.82, 2.24) is 10.2 Å². The number of halogens is 2. The van der Waals surface area contributed by atoms with Crippen LogP contribution in [0.2, 0.25) is 10.0 Å². The first-order valence-electron chi connectivity index (χ1n) is 6.72. The maximum Gasteiger partial charge on any atom is 0.260 e. The van der Waals surface area contributed by atoms with Gasteiger partial charge in [0.25, 0.3) is 5.91 Å². The van der Waals surface area contributed by atoms with Gasteiger partial charge in [-0.15, -0.1) is 0 Å². The molecule has 1 aromatic carbocycles. The first-order valence-corrected chi connectivity index (χ1v) is 7.47. The second-order valence-electron chi connectivity index (χ2n) is 5.89. The second kappa shape index (κ2) is 7.70. The summed E-state index contributed by atoms with van der Waals surface area (Å²) in [5, 5.41) is 3.39. The summed E-state index contributed by atoms with van der Waals surface area (Å²) in [6, 6.07) is 4.92. The van der Waals surface area contributed by atoms with Crippen LogP contribution in [0.15, 0.2) is 18.2 Å². The van der Waals surface area contributed by atoms with E-state index in [1.165, 1.54) is 11.9 Å². The Morgan fingerprint density at radius 2 is 1.91 bits per heavy atom. The molecule has 7 heteroatoms. The monoisotopic (exact) mass is 346 g/mol. The molecule has 5 nitrogen and oxygen atoms in total. The largest absolute Gasteiger partial charge is 0.482 e. The topological polar surface area (TPSA) is 58.6 Å². The molecule has 0 spiro atoms. The van der Waals surface area contributed by atoms with Gasteiger partial charge in [-0.1, -0.05) is 29.3 Å². The molecule has 0 heterocycles. The summed E-state index contributed by atoms with van der Waals surface area (Å²) in [6.07, 6.45) is 0. The fourth-order valence-corrected chi connectivity index (χ4v) is 1.95. The number of hydrogen-bond acceptors (Lipinski definition) is 3. The number of hydrogen-bond donors (Lipinski definition) is 1. The average molecular weight is 347 g/mol. The molecule has 22 heavy (non-hydrogen) atoms. The Kier molecular flexibility index (Phi) is 6.50. The zero-order valence-electron chi connectivity index (χ0n) is 13.1. The van der Waals surface area contributed by atoms with E-state index in [0.717, 1.165) is 0 Å². The predicted molar refractivity (Wildman–Crippen MR) is 87.5 cm³/mol. The average Bonchev–Trinajstić information content (AvgIpc) is 2.37. The lowest BCUT2D eigenvalue weighted by atomic mass is 10.1. The van der Waals surface area contributed by atoms with Gasteiger partial charge in [0.05, 0.1) is 11.6 Å². The molecule has 1 rings (SSSR count). The Labute approximate surface area is 140 Å². The number of carbonyl (C=O) groups excluding carboxylic acids is 2. The van der Waals surface area contributed by atoms with Crippen LogP contribution in [0.25, 0.3) is 0 Å². The number of ether oxygens (including phenoxy) is 1. The van der Waals surface area contributed by atoms with Crippen LogP contribution in [0.5, 0.6) is 5.75 Å². The Balaban J connectivity index is 2.51. The highest BCUT2D eigenvalue weighted by molar-refractivity contribution is 6.42. The zero-order chi connectivity index (χ0) is 16.9. The predicted octanol–water partition coefficient (Wildman–Crippen LogP) is 2.75. The Hall–Kier alpha value is -1.46. The van der Waals surface area contributed by atoms with Crippen molar-refractivity contribution in [2.75, 3.05) is 20.2 Å². The van der Waals surface area contributed by atoms with Gasteiger partial charge in [-0.2, -0.15) is 0 Å². The molecular weight excluding hydrogens is 327 g/mol. The second-order valence-corrected chi connectivity index (χ2v) is 6.67. The molecule has 0 aliphatic rings. The number of benzene rings is 1. The highest BCUT2D eigenvalue weighted by Crippen LogP contribution is 2.31. The van der Waals surface area contributed by atoms with Crippen LogP contribution in [-0.2, 0) is 9.59 Å². The van der Waals surface area contributed by atoms with E-state index in [1.807, 2.05) is 20.8 Å². The molecule has 0 radical (unpaired) electrons. The lowest BCUT2D eigenvalue weighted by Gasteiger charge is -2.23. The van der Waals surface area contributed by atoms with E-state index in [-0.39, 0.29) is 35.5 Å². The third-order valence-corrected chi connectivity index (χ3v) is 3.39. The summed E-state index contributed by atoms with van der Waals surface area (Å²) in [4.78, 5) is 25.0. The molecule has 0 unspecified atom stereocenters. The molecule has 1 N–H and O–H groups in total. The first-order chi connectivity index (χ1) is 10.1. The highest BCUT2D eigenvalue weighted by Gasteiger charge is 2.18. The summed E-state index contributed by atoms with van der Waals surface area (Å²) in [5.41, 5.74) is -0.341. The van der Waals surface area contributed by atoms with Crippen molar-refractivity contribution in [2.24, 2.45) is 0 Å². The summed E-state index contributed by atoms with van der Waals surface area (Å²) in [5.74, 6) is -0.237. The van der Waals surface area contributed by atoms with Gasteiger partial charge in [0.1, 0.15) is 10.8 Å². The van der Waals surface area contributed by atoms with Gasteiger partial charge in [-0.25, -0.2) is 0 Å². The van der Waals surface area contributed by atoms with Crippen LogP contribution in [0.1, 0.15) is 20.8 Å². The van der Waals surface area contributed by atoms with Gasteiger partial charge in [-0.05, 0) is 32.9 Å². The number of nitrogens with zero attached hydrogens (tertiary/aromatic N) is 1. The van der Waals surface area contributed by atoms with E-state index in [1.54, 1.807) is 18.2 Å². The highest BCUT2D eigenvalue weighted by atomic mass is 35.5. The van der Waals surface area contributed by atoms with E-state index in [0.29, 0.717) is 10.8 Å². The van der Waals surface area contributed by atoms with Crippen LogP contribution in [0.4, 0.5) is 0 Å². The van der Waals surface area contributed by atoms with Gasteiger partial charge >= 0.3 is 0 Å². The van der Waals surface area contributed by atoms with Crippen LogP contribution in [0.3, 0.4) is 0 Å². The SMILES string of the molecule is CN(CC(=O)NC(C)(C)C)C(=O)COc1cccc(Cl)c1Cl. The van der Waals surface area contributed by atoms with Crippen molar-refractivity contribution in [3.63, 3.8) is 0 Å². The maximum atomic E-state index is 12.0. The molecule has 0 fully saturated rings. The molecule has 122 valence electrons. The number of amides is 2. The van der Waals surface area contributed by atoms with Crippen molar-refractivity contribution in [3.8, 4) is 5.75 Å². The van der Waals surface area contributed by atoms with Crippen LogP contribution < -0.4 is 10.1 Å². The molecule has 0 aromatic heterocycles. The van der Waals surface area contributed by atoms with Crippen molar-refractivity contribution < 1.29 is 14.3 Å². The van der Waals surface area contributed by atoms with E-state index in [4.69, 9.17) is 27.9 Å². The van der Waals surface area contributed by atoms with E-state index < -0.39 is 0 Å². The Bertz CT molecular complexity index is 556. The van der Waals surface area contributed by atoms with Crippen molar-refractivity contribution in [2.45, 2.75) is 26.3 Å². The normalized spacial score (nSPS) is 11.0. The third kappa shape index (κ3) is 6.12. The van der Waals surface area contributed by atoms with Gasteiger partial charge in [-0.3, -0.25) is 9.59 Å². The number of nitrogens with one attached hydrogen (secondary N) is 1. The summed E-state index contributed by atoms with van der Waals surface area (Å²) in [6.45, 7) is 5.35. The summed E-state index contributed by atoms with van der Waals surface area (Å²) >= 11 is 11.8.